The number of benzene rings is 2. The van der Waals surface area contributed by atoms with E-state index in [0.29, 0.717) is 5.56 Å². The highest BCUT2D eigenvalue weighted by molar-refractivity contribution is 6.04. The van der Waals surface area contributed by atoms with Crippen molar-refractivity contribution in [1.82, 2.24) is 0 Å². The van der Waals surface area contributed by atoms with E-state index in [2.05, 4.69) is 0 Å². The van der Waals surface area contributed by atoms with Crippen molar-refractivity contribution in [1.29, 1.82) is 0 Å². The smallest absolute Gasteiger partial charge is 0.290 e. The first-order valence-electron chi connectivity index (χ1n) is 6.99. The summed E-state index contributed by atoms with van der Waals surface area (Å²) < 4.78 is 37.3. The average molecular weight is 316 g/mol. The largest absolute Gasteiger partial charge is 0.416 e. The van der Waals surface area contributed by atoms with Gasteiger partial charge in [0.05, 0.1) is 5.56 Å². The Bertz CT molecular complexity index is 721. The maximum Gasteiger partial charge on any atom is 0.416 e. The molecule has 0 aliphatic heterocycles. The van der Waals surface area contributed by atoms with Crippen LogP contribution in [0.1, 0.15) is 22.3 Å². The third kappa shape index (κ3) is 5.25. The van der Waals surface area contributed by atoms with Gasteiger partial charge in [0, 0.05) is 0 Å². The van der Waals surface area contributed by atoms with Crippen LogP contribution >= 0.6 is 0 Å². The predicted octanol–water partition coefficient (Wildman–Crippen LogP) is 5.31. The minimum absolute atomic E-state index is 0.231. The third-order valence-electron chi connectivity index (χ3n) is 3.20. The average Bonchev–Trinajstić information content (AvgIpc) is 2.52. The summed E-state index contributed by atoms with van der Waals surface area (Å²) in [5, 5.41) is 0. The highest BCUT2D eigenvalue weighted by Gasteiger charge is 2.29. The Morgan fingerprint density at radius 3 is 1.70 bits per heavy atom. The molecular formula is C19H15F3O. The molecule has 4 heteroatoms. The number of hydrogen-bond donors (Lipinski definition) is 0. The number of rotatable bonds is 4. The van der Waals surface area contributed by atoms with Gasteiger partial charge in [-0.1, -0.05) is 54.1 Å². The highest BCUT2D eigenvalue weighted by Crippen LogP contribution is 2.29. The zero-order chi connectivity index (χ0) is 16.9. The van der Waals surface area contributed by atoms with Crippen LogP contribution in [0.3, 0.4) is 0 Å². The second-order valence-corrected chi connectivity index (χ2v) is 5.10. The van der Waals surface area contributed by atoms with Gasteiger partial charge < -0.3 is 0 Å². The summed E-state index contributed by atoms with van der Waals surface area (Å²) in [5.74, 6) is -0.231. The van der Waals surface area contributed by atoms with Crippen molar-refractivity contribution in [3.63, 3.8) is 0 Å². The fourth-order valence-corrected chi connectivity index (χ4v) is 1.87. The Balaban J connectivity index is 1.99. The van der Waals surface area contributed by atoms with Crippen molar-refractivity contribution < 1.29 is 18.0 Å². The Labute approximate surface area is 132 Å². The molecule has 2 aromatic carbocycles. The Morgan fingerprint density at radius 1 is 0.826 bits per heavy atom. The van der Waals surface area contributed by atoms with Gasteiger partial charge in [-0.3, -0.25) is 4.79 Å². The van der Waals surface area contributed by atoms with Gasteiger partial charge in [-0.25, -0.2) is 0 Å². The number of ketones is 1. The minimum Gasteiger partial charge on any atom is -0.290 e. The molecule has 118 valence electrons. The Kier molecular flexibility index (Phi) is 5.16. The van der Waals surface area contributed by atoms with E-state index in [1.54, 1.807) is 6.08 Å². The molecule has 0 fully saturated rings. The summed E-state index contributed by atoms with van der Waals surface area (Å²) >= 11 is 0. The van der Waals surface area contributed by atoms with E-state index < -0.39 is 11.7 Å². The summed E-state index contributed by atoms with van der Waals surface area (Å²) in [5.41, 5.74) is 1.87. The lowest BCUT2D eigenvalue weighted by Gasteiger charge is -2.05. The zero-order valence-corrected chi connectivity index (χ0v) is 12.5. The molecule has 0 spiro atoms. The molecule has 0 N–H and O–H groups in total. The summed E-state index contributed by atoms with van der Waals surface area (Å²) in [7, 11) is 0. The van der Waals surface area contributed by atoms with Gasteiger partial charge in [-0.15, -0.1) is 0 Å². The van der Waals surface area contributed by atoms with Crippen molar-refractivity contribution in [3.05, 3.63) is 82.9 Å². The first-order chi connectivity index (χ1) is 10.8. The highest BCUT2D eigenvalue weighted by atomic mass is 19.4. The van der Waals surface area contributed by atoms with Crippen molar-refractivity contribution >= 4 is 17.9 Å². The monoisotopic (exact) mass is 316 g/mol. The van der Waals surface area contributed by atoms with E-state index in [1.807, 2.05) is 31.2 Å². The number of aryl methyl sites for hydroxylation is 1. The van der Waals surface area contributed by atoms with E-state index in [-0.39, 0.29) is 5.78 Å². The number of carbonyl (C=O) groups is 1. The molecule has 2 rings (SSSR count). The molecule has 0 radical (unpaired) electrons. The van der Waals surface area contributed by atoms with Gasteiger partial charge >= 0.3 is 6.18 Å². The van der Waals surface area contributed by atoms with Crippen LogP contribution in [0, 0.1) is 6.92 Å². The number of allylic oxidation sites excluding steroid dienone is 2. The zero-order valence-electron chi connectivity index (χ0n) is 12.5. The lowest BCUT2D eigenvalue weighted by molar-refractivity contribution is -0.137. The van der Waals surface area contributed by atoms with E-state index in [4.69, 9.17) is 0 Å². The predicted molar refractivity (Wildman–Crippen MR) is 85.7 cm³/mol. The van der Waals surface area contributed by atoms with Gasteiger partial charge in [0.15, 0.2) is 5.78 Å². The molecule has 0 unspecified atom stereocenters. The fourth-order valence-electron chi connectivity index (χ4n) is 1.87. The number of carbonyl (C=O) groups excluding carboxylic acids is 1. The number of hydrogen-bond acceptors (Lipinski definition) is 1. The molecule has 0 amide bonds. The van der Waals surface area contributed by atoms with Crippen LogP contribution < -0.4 is 0 Å². The summed E-state index contributed by atoms with van der Waals surface area (Å²) in [6.45, 7) is 1.98. The molecule has 0 aliphatic rings. The summed E-state index contributed by atoms with van der Waals surface area (Å²) in [6, 6.07) is 12.3. The Hall–Kier alpha value is -2.62. The van der Waals surface area contributed by atoms with Crippen LogP contribution in [0.5, 0.6) is 0 Å². The molecule has 0 heterocycles. The molecule has 0 bridgehead atoms. The topological polar surface area (TPSA) is 17.1 Å². The van der Waals surface area contributed by atoms with Gasteiger partial charge in [-0.2, -0.15) is 13.2 Å². The number of halogens is 3. The molecule has 0 aliphatic carbocycles. The normalized spacial score (nSPS) is 12.2. The van der Waals surface area contributed by atoms with Crippen LogP contribution in [-0.4, -0.2) is 5.78 Å². The van der Waals surface area contributed by atoms with E-state index >= 15 is 0 Å². The summed E-state index contributed by atoms with van der Waals surface area (Å²) in [4.78, 5) is 11.7. The first kappa shape index (κ1) is 16.7. The maximum atomic E-state index is 12.4. The molecule has 23 heavy (non-hydrogen) atoms. The lowest BCUT2D eigenvalue weighted by Crippen LogP contribution is -2.03. The maximum absolute atomic E-state index is 12.4. The standard InChI is InChI=1S/C19H15F3O/c1-14-2-4-15(5-3-14)8-12-18(23)13-9-16-6-10-17(11-7-16)19(20,21)22/h2-13H,1H3/b12-8+,13-9+. The van der Waals surface area contributed by atoms with Crippen LogP contribution in [0.25, 0.3) is 12.2 Å². The van der Waals surface area contributed by atoms with Gasteiger partial charge in [0.2, 0.25) is 0 Å². The van der Waals surface area contributed by atoms with E-state index in [9.17, 15) is 18.0 Å². The SMILES string of the molecule is Cc1ccc(/C=C/C(=O)/C=C/c2ccc(C(F)(F)F)cc2)cc1. The molecule has 0 atom stereocenters. The van der Waals surface area contributed by atoms with E-state index in [0.717, 1.165) is 23.3 Å². The second-order valence-electron chi connectivity index (χ2n) is 5.10. The molecule has 0 aromatic heterocycles. The van der Waals surface area contributed by atoms with Crippen molar-refractivity contribution in [2.24, 2.45) is 0 Å². The fraction of sp³-hybridized carbons (Fsp3) is 0.105. The van der Waals surface area contributed by atoms with E-state index in [1.165, 1.54) is 30.4 Å². The molecule has 0 saturated heterocycles. The quantitative estimate of drug-likeness (QED) is 0.699. The van der Waals surface area contributed by atoms with Crippen molar-refractivity contribution in [2.75, 3.05) is 0 Å². The molecular weight excluding hydrogens is 301 g/mol. The first-order valence-corrected chi connectivity index (χ1v) is 6.99. The summed E-state index contributed by atoms with van der Waals surface area (Å²) in [6.07, 6.45) is 1.58. The molecule has 2 aromatic rings. The van der Waals surface area contributed by atoms with Gasteiger partial charge in [-0.05, 0) is 42.3 Å². The molecule has 0 saturated carbocycles. The number of alkyl halides is 3. The minimum atomic E-state index is -4.35. The van der Waals surface area contributed by atoms with Crippen LogP contribution in [0.15, 0.2) is 60.7 Å². The third-order valence-corrected chi connectivity index (χ3v) is 3.20. The lowest BCUT2D eigenvalue weighted by atomic mass is 10.1. The van der Waals surface area contributed by atoms with Crippen molar-refractivity contribution in [3.8, 4) is 0 Å². The Morgan fingerprint density at radius 2 is 1.26 bits per heavy atom. The van der Waals surface area contributed by atoms with Crippen molar-refractivity contribution in [2.45, 2.75) is 13.1 Å². The second kappa shape index (κ2) is 7.09. The van der Waals surface area contributed by atoms with Crippen LogP contribution in [-0.2, 0) is 11.0 Å². The van der Waals surface area contributed by atoms with Gasteiger partial charge in [0.25, 0.3) is 0 Å². The van der Waals surface area contributed by atoms with Crippen LogP contribution in [0.2, 0.25) is 0 Å². The van der Waals surface area contributed by atoms with Gasteiger partial charge in [0.1, 0.15) is 0 Å². The molecule has 1 nitrogen and oxygen atoms in total. The van der Waals surface area contributed by atoms with Crippen LogP contribution in [0.4, 0.5) is 13.2 Å².